The van der Waals surface area contributed by atoms with Gasteiger partial charge in [0.2, 0.25) is 0 Å². The van der Waals surface area contributed by atoms with Gasteiger partial charge in [0.1, 0.15) is 0 Å². The summed E-state index contributed by atoms with van der Waals surface area (Å²) < 4.78 is 0. The van der Waals surface area contributed by atoms with Crippen molar-refractivity contribution in [1.82, 2.24) is 10.2 Å². The summed E-state index contributed by atoms with van der Waals surface area (Å²) in [5.41, 5.74) is 0.398. The maximum Gasteiger partial charge on any atom is 0.0309 e. The minimum absolute atomic E-state index is 0.398. The molecule has 3 unspecified atom stereocenters. The second kappa shape index (κ2) is 7.26. The molecule has 0 spiro atoms. The summed E-state index contributed by atoms with van der Waals surface area (Å²) in [4.78, 5) is 2.83. The number of piperazine rings is 1. The van der Waals surface area contributed by atoms with Gasteiger partial charge in [-0.3, -0.25) is 4.90 Å². The maximum absolute atomic E-state index is 3.88. The summed E-state index contributed by atoms with van der Waals surface area (Å²) in [5.74, 6) is 1.85. The molecule has 0 aromatic rings. The van der Waals surface area contributed by atoms with Crippen LogP contribution in [0, 0.1) is 11.8 Å². The van der Waals surface area contributed by atoms with E-state index < -0.39 is 0 Å². The number of unbranched alkanes of at least 4 members (excludes halogenated alkanes) is 1. The van der Waals surface area contributed by atoms with Gasteiger partial charge in [-0.15, -0.1) is 0 Å². The van der Waals surface area contributed by atoms with Gasteiger partial charge in [0.25, 0.3) is 0 Å². The molecule has 1 heterocycles. The van der Waals surface area contributed by atoms with Crippen molar-refractivity contribution in [3.63, 3.8) is 0 Å². The second-order valence-electron chi connectivity index (χ2n) is 7.48. The Hall–Kier alpha value is -0.0800. The Morgan fingerprint density at radius 3 is 2.55 bits per heavy atom. The highest BCUT2D eigenvalue weighted by Crippen LogP contribution is 2.41. The Morgan fingerprint density at radius 2 is 2.00 bits per heavy atom. The van der Waals surface area contributed by atoms with E-state index in [-0.39, 0.29) is 0 Å². The zero-order valence-electron chi connectivity index (χ0n) is 14.3. The molecule has 20 heavy (non-hydrogen) atoms. The van der Waals surface area contributed by atoms with Crippen LogP contribution >= 0.6 is 0 Å². The van der Waals surface area contributed by atoms with E-state index in [0.717, 1.165) is 17.9 Å². The molecule has 2 nitrogen and oxygen atoms in total. The lowest BCUT2D eigenvalue weighted by Gasteiger charge is -2.47. The third-order valence-corrected chi connectivity index (χ3v) is 5.78. The van der Waals surface area contributed by atoms with Gasteiger partial charge in [0.05, 0.1) is 0 Å². The number of nitrogens with one attached hydrogen (secondary N) is 1. The molecule has 118 valence electrons. The summed E-state index contributed by atoms with van der Waals surface area (Å²) in [6.45, 7) is 13.3. The highest BCUT2D eigenvalue weighted by molar-refractivity contribution is 5.04. The Kier molecular flexibility index (Phi) is 5.92. The standard InChI is InChI=1S/C18H36N2/c1-5-8-9-15(6-2)13-20-14-18(4,16-10-11-16)19-12-17(20)7-3/h15-17,19H,5-14H2,1-4H3. The van der Waals surface area contributed by atoms with Gasteiger partial charge in [-0.25, -0.2) is 0 Å². The van der Waals surface area contributed by atoms with Crippen molar-refractivity contribution in [2.45, 2.75) is 84.2 Å². The fraction of sp³-hybridized carbons (Fsp3) is 1.00. The van der Waals surface area contributed by atoms with Crippen LogP contribution in [0.1, 0.15) is 72.6 Å². The lowest BCUT2D eigenvalue weighted by molar-refractivity contribution is 0.0571. The van der Waals surface area contributed by atoms with Crippen LogP contribution in [0.25, 0.3) is 0 Å². The third kappa shape index (κ3) is 3.98. The number of hydrogen-bond donors (Lipinski definition) is 1. The first-order valence-corrected chi connectivity index (χ1v) is 9.12. The topological polar surface area (TPSA) is 15.3 Å². The average molecular weight is 280 g/mol. The molecule has 0 bridgehead atoms. The molecule has 0 amide bonds. The smallest absolute Gasteiger partial charge is 0.0309 e. The van der Waals surface area contributed by atoms with Crippen molar-refractivity contribution < 1.29 is 0 Å². The van der Waals surface area contributed by atoms with Crippen LogP contribution in [-0.2, 0) is 0 Å². The van der Waals surface area contributed by atoms with E-state index in [4.69, 9.17) is 0 Å². The fourth-order valence-corrected chi connectivity index (χ4v) is 3.95. The predicted octanol–water partition coefficient (Wildman–Crippen LogP) is 4.06. The van der Waals surface area contributed by atoms with Gasteiger partial charge in [-0.05, 0) is 44.4 Å². The summed E-state index contributed by atoms with van der Waals surface area (Å²) in [7, 11) is 0. The first-order chi connectivity index (χ1) is 9.62. The average Bonchev–Trinajstić information content (AvgIpc) is 3.28. The molecule has 1 saturated carbocycles. The molecule has 0 radical (unpaired) electrons. The Morgan fingerprint density at radius 1 is 1.25 bits per heavy atom. The largest absolute Gasteiger partial charge is 0.308 e. The highest BCUT2D eigenvalue weighted by atomic mass is 15.3. The third-order valence-electron chi connectivity index (χ3n) is 5.78. The van der Waals surface area contributed by atoms with Crippen molar-refractivity contribution in [3.8, 4) is 0 Å². The molecule has 2 rings (SSSR count). The van der Waals surface area contributed by atoms with Crippen LogP contribution in [0.5, 0.6) is 0 Å². The second-order valence-corrected chi connectivity index (χ2v) is 7.48. The first kappa shape index (κ1) is 16.3. The van der Waals surface area contributed by atoms with Crippen LogP contribution in [0.15, 0.2) is 0 Å². The molecule has 3 atom stereocenters. The van der Waals surface area contributed by atoms with Crippen molar-refractivity contribution in [1.29, 1.82) is 0 Å². The number of hydrogen-bond acceptors (Lipinski definition) is 2. The fourth-order valence-electron chi connectivity index (χ4n) is 3.95. The van der Waals surface area contributed by atoms with E-state index in [1.54, 1.807) is 0 Å². The Labute approximate surface area is 126 Å². The quantitative estimate of drug-likeness (QED) is 0.721. The van der Waals surface area contributed by atoms with Crippen LogP contribution < -0.4 is 5.32 Å². The van der Waals surface area contributed by atoms with E-state index in [0.29, 0.717) is 5.54 Å². The Bertz CT molecular complexity index is 287. The van der Waals surface area contributed by atoms with Gasteiger partial charge in [-0.2, -0.15) is 0 Å². The van der Waals surface area contributed by atoms with E-state index in [2.05, 4.69) is 37.9 Å². The van der Waals surface area contributed by atoms with Crippen molar-refractivity contribution in [2.75, 3.05) is 19.6 Å². The zero-order valence-corrected chi connectivity index (χ0v) is 14.3. The maximum atomic E-state index is 3.88. The summed E-state index contributed by atoms with van der Waals surface area (Å²) >= 11 is 0. The van der Waals surface area contributed by atoms with E-state index in [9.17, 15) is 0 Å². The van der Waals surface area contributed by atoms with Crippen LogP contribution in [0.3, 0.4) is 0 Å². The van der Waals surface area contributed by atoms with E-state index in [1.807, 2.05) is 0 Å². The van der Waals surface area contributed by atoms with Gasteiger partial charge in [-0.1, -0.05) is 40.0 Å². The first-order valence-electron chi connectivity index (χ1n) is 9.12. The lowest BCUT2D eigenvalue weighted by Crippen LogP contribution is -2.64. The van der Waals surface area contributed by atoms with E-state index in [1.165, 1.54) is 64.6 Å². The minimum Gasteiger partial charge on any atom is -0.308 e. The van der Waals surface area contributed by atoms with Crippen LogP contribution in [0.2, 0.25) is 0 Å². The molecule has 0 aromatic heterocycles. The van der Waals surface area contributed by atoms with E-state index >= 15 is 0 Å². The van der Waals surface area contributed by atoms with Crippen LogP contribution in [-0.4, -0.2) is 36.1 Å². The molecule has 2 heteroatoms. The monoisotopic (exact) mass is 280 g/mol. The highest BCUT2D eigenvalue weighted by Gasteiger charge is 2.45. The molecule has 1 saturated heterocycles. The van der Waals surface area contributed by atoms with Gasteiger partial charge < -0.3 is 5.32 Å². The van der Waals surface area contributed by atoms with Crippen molar-refractivity contribution >= 4 is 0 Å². The molecule has 2 fully saturated rings. The van der Waals surface area contributed by atoms with Gasteiger partial charge >= 0.3 is 0 Å². The van der Waals surface area contributed by atoms with Crippen LogP contribution in [0.4, 0.5) is 0 Å². The SMILES string of the molecule is CCCCC(CC)CN1CC(C)(C2CC2)NCC1CC. The number of nitrogens with zero attached hydrogens (tertiary/aromatic N) is 1. The summed E-state index contributed by atoms with van der Waals surface area (Å²) in [5, 5.41) is 3.88. The van der Waals surface area contributed by atoms with Crippen molar-refractivity contribution in [3.05, 3.63) is 0 Å². The zero-order chi connectivity index (χ0) is 14.6. The van der Waals surface area contributed by atoms with Gasteiger partial charge in [0.15, 0.2) is 0 Å². The molecular formula is C18H36N2. The van der Waals surface area contributed by atoms with Crippen molar-refractivity contribution in [2.24, 2.45) is 11.8 Å². The molecule has 1 aliphatic heterocycles. The molecule has 1 aliphatic carbocycles. The molecule has 0 aromatic carbocycles. The number of rotatable bonds is 8. The summed E-state index contributed by atoms with van der Waals surface area (Å²) in [6.07, 6.45) is 9.70. The lowest BCUT2D eigenvalue weighted by atomic mass is 9.88. The Balaban J connectivity index is 1.93. The molecule has 2 aliphatic rings. The minimum atomic E-state index is 0.398. The molecular weight excluding hydrogens is 244 g/mol. The molecule has 1 N–H and O–H groups in total. The summed E-state index contributed by atoms with van der Waals surface area (Å²) in [6, 6.07) is 0.762. The normalized spacial score (nSPS) is 33.3. The van der Waals surface area contributed by atoms with Gasteiger partial charge in [0, 0.05) is 31.2 Å². The predicted molar refractivity (Wildman–Crippen MR) is 88.1 cm³/mol.